The molecule has 0 radical (unpaired) electrons. The molecule has 63 heavy (non-hydrogen) atoms. The van der Waals surface area contributed by atoms with Crippen molar-refractivity contribution in [3.05, 3.63) is 152 Å². The number of aliphatic carboxylic acids is 1. The quantitative estimate of drug-likeness (QED) is 0.101. The number of nitrogens with one attached hydrogen (secondary N) is 2. The highest BCUT2D eigenvalue weighted by Crippen LogP contribution is 2.42. The average molecular weight is 925 g/mol. The van der Waals surface area contributed by atoms with Crippen LogP contribution in [0.4, 0.5) is 5.13 Å². The minimum absolute atomic E-state index is 0.0350. The van der Waals surface area contributed by atoms with Gasteiger partial charge in [0.15, 0.2) is 26.9 Å². The van der Waals surface area contributed by atoms with E-state index >= 15 is 0 Å². The summed E-state index contributed by atoms with van der Waals surface area (Å²) in [5.41, 5.74) is 6.15. The van der Waals surface area contributed by atoms with Crippen LogP contribution in [0.5, 0.6) is 17.2 Å². The van der Waals surface area contributed by atoms with Crippen LogP contribution in [0.3, 0.4) is 0 Å². The Morgan fingerprint density at radius 2 is 1.63 bits per heavy atom. The van der Waals surface area contributed by atoms with Gasteiger partial charge in [0, 0.05) is 20.0 Å². The van der Waals surface area contributed by atoms with E-state index in [0.717, 1.165) is 37.9 Å². The molecule has 2 aliphatic rings. The van der Waals surface area contributed by atoms with Crippen LogP contribution in [0.15, 0.2) is 107 Å². The molecular weight excluding hydrogens is 886 g/mol. The normalized spacial score (nSPS) is 16.3. The third-order valence-corrected chi connectivity index (χ3v) is 15.2. The monoisotopic (exact) mass is 923 g/mol. The van der Waals surface area contributed by atoms with Crippen molar-refractivity contribution in [1.82, 2.24) is 14.6 Å². The highest BCUT2D eigenvalue weighted by Gasteiger charge is 2.43. The molecule has 3 atom stereocenters. The zero-order valence-electron chi connectivity index (χ0n) is 33.8. The Labute approximate surface area is 377 Å². The zero-order valence-corrected chi connectivity index (χ0v) is 36.9. The number of benzene rings is 5. The fraction of sp³-hybridized carbons (Fsp3) is 0.217. The van der Waals surface area contributed by atoms with E-state index in [4.69, 9.17) is 42.7 Å². The predicted molar refractivity (Wildman–Crippen MR) is 239 cm³/mol. The molecule has 13 nitrogen and oxygen atoms in total. The fourth-order valence-corrected chi connectivity index (χ4v) is 10.8. The molecule has 2 aliphatic heterocycles. The molecule has 17 heteroatoms. The first-order valence-corrected chi connectivity index (χ1v) is 22.7. The maximum Gasteiger partial charge on any atom is 0.326 e. The summed E-state index contributed by atoms with van der Waals surface area (Å²) in [5.74, 6) is -0.555. The number of halogens is 2. The molecule has 3 N–H and O–H groups in total. The first kappa shape index (κ1) is 43.5. The number of hydrogen-bond donors (Lipinski definition) is 3. The standard InChI is InChI=1S/C46H39Cl2N5O8S2/c1-26-45(62-46(50-2)51-26)63(57,58)53-23-34-21-41-40(60-25-42(61-41)32-12-14-35(15-13-32)59-24-29-7-16-36(47)37(48)17-29)20-33(34)19-39(53)43(54)52-38(44(55)56)18-27-3-8-30(9-4-27)31-10-5-28(22-49)6-11-31/h3-17,20-21,38-39,42H,18-19,23-25H2,1-2H3,(H,50,51)(H,52,54)(H,55,56)/t38?,39-,42-/m0/s1. The van der Waals surface area contributed by atoms with Gasteiger partial charge in [0.25, 0.3) is 10.0 Å². The van der Waals surface area contributed by atoms with Crippen molar-refractivity contribution in [2.45, 2.75) is 55.3 Å². The molecule has 0 spiro atoms. The molecular formula is C46H39Cl2N5O8S2. The Balaban J connectivity index is 1.01. The summed E-state index contributed by atoms with van der Waals surface area (Å²) in [6, 6.07) is 30.0. The van der Waals surface area contributed by atoms with Crippen molar-refractivity contribution in [1.29, 1.82) is 5.26 Å². The van der Waals surface area contributed by atoms with Gasteiger partial charge >= 0.3 is 5.97 Å². The lowest BCUT2D eigenvalue weighted by atomic mass is 9.94. The zero-order chi connectivity index (χ0) is 44.4. The highest BCUT2D eigenvalue weighted by molar-refractivity contribution is 7.91. The van der Waals surface area contributed by atoms with E-state index in [1.165, 1.54) is 0 Å². The van der Waals surface area contributed by atoms with Gasteiger partial charge in [0.1, 0.15) is 31.0 Å². The number of carbonyl (C=O) groups excluding carboxylic acids is 1. The second kappa shape index (κ2) is 18.3. The van der Waals surface area contributed by atoms with Gasteiger partial charge < -0.3 is 30.0 Å². The third-order valence-electron chi connectivity index (χ3n) is 10.8. The number of rotatable bonds is 13. The van der Waals surface area contributed by atoms with Gasteiger partial charge in [0.2, 0.25) is 5.91 Å². The van der Waals surface area contributed by atoms with Gasteiger partial charge in [-0.2, -0.15) is 9.57 Å². The Hall–Kier alpha value is -6.15. The Morgan fingerprint density at radius 1 is 0.952 bits per heavy atom. The van der Waals surface area contributed by atoms with E-state index < -0.39 is 40.1 Å². The lowest BCUT2D eigenvalue weighted by molar-refractivity contribution is -0.142. The molecule has 0 aliphatic carbocycles. The van der Waals surface area contributed by atoms with E-state index in [0.29, 0.717) is 61.3 Å². The first-order chi connectivity index (χ1) is 30.3. The van der Waals surface area contributed by atoms with Crippen molar-refractivity contribution >= 4 is 61.6 Å². The molecule has 0 saturated carbocycles. The van der Waals surface area contributed by atoms with Crippen molar-refractivity contribution in [3.8, 4) is 34.4 Å². The van der Waals surface area contributed by atoms with Crippen molar-refractivity contribution in [3.63, 3.8) is 0 Å². The van der Waals surface area contributed by atoms with Crippen LogP contribution in [0.2, 0.25) is 10.0 Å². The molecule has 5 aromatic carbocycles. The lowest BCUT2D eigenvalue weighted by Crippen LogP contribution is -2.55. The van der Waals surface area contributed by atoms with Gasteiger partial charge in [-0.3, -0.25) is 4.79 Å². The van der Waals surface area contributed by atoms with Gasteiger partial charge in [0.05, 0.1) is 27.4 Å². The summed E-state index contributed by atoms with van der Waals surface area (Å²) in [6.07, 6.45) is -0.605. The fourth-order valence-electron chi connectivity index (χ4n) is 7.45. The number of anilines is 1. The number of hydrogen-bond acceptors (Lipinski definition) is 11. The molecule has 322 valence electrons. The molecule has 6 aromatic rings. The van der Waals surface area contributed by atoms with E-state index in [1.807, 2.05) is 54.6 Å². The Morgan fingerprint density at radius 3 is 2.29 bits per heavy atom. The van der Waals surface area contributed by atoms with Gasteiger partial charge in [-0.15, -0.1) is 0 Å². The molecule has 8 rings (SSSR count). The first-order valence-electron chi connectivity index (χ1n) is 19.7. The Kier molecular flexibility index (Phi) is 12.6. The van der Waals surface area contributed by atoms with Crippen molar-refractivity contribution in [2.24, 2.45) is 0 Å². The molecule has 0 bridgehead atoms. The minimum Gasteiger partial charge on any atom is -0.489 e. The third kappa shape index (κ3) is 9.46. The van der Waals surface area contributed by atoms with Crippen LogP contribution in [0, 0.1) is 18.3 Å². The summed E-state index contributed by atoms with van der Waals surface area (Å²) in [7, 11) is -2.71. The maximum atomic E-state index is 14.5. The summed E-state index contributed by atoms with van der Waals surface area (Å²) < 4.78 is 48.7. The van der Waals surface area contributed by atoms with E-state index in [1.54, 1.807) is 62.5 Å². The molecule has 1 amide bonds. The second-order valence-electron chi connectivity index (χ2n) is 15.0. The van der Waals surface area contributed by atoms with Gasteiger partial charge in [-0.05, 0) is 101 Å². The summed E-state index contributed by atoms with van der Waals surface area (Å²) in [4.78, 5) is 31.3. The van der Waals surface area contributed by atoms with Crippen LogP contribution in [0.25, 0.3) is 11.1 Å². The molecule has 1 aromatic heterocycles. The SMILES string of the molecule is CNc1nc(C)c(S(=O)(=O)N2Cc3cc4c(cc3C[C@H]2C(=O)NC(Cc2ccc(-c3ccc(C#N)cc3)cc2)C(=O)O)OC[C@@H](c2ccc(OCc3ccc(Cl)c(Cl)c3)cc2)O4)s1. The largest absolute Gasteiger partial charge is 0.489 e. The van der Waals surface area contributed by atoms with Crippen LogP contribution in [-0.4, -0.2) is 60.4 Å². The number of carboxylic acid groups (broad SMARTS) is 1. The summed E-state index contributed by atoms with van der Waals surface area (Å²) in [6.45, 7) is 1.86. The number of nitriles is 1. The summed E-state index contributed by atoms with van der Waals surface area (Å²) >= 11 is 13.1. The number of ether oxygens (including phenoxy) is 3. The number of carbonyl (C=O) groups is 2. The van der Waals surface area contributed by atoms with Crippen LogP contribution >= 0.6 is 34.5 Å². The van der Waals surface area contributed by atoms with Crippen LogP contribution in [0.1, 0.15) is 45.2 Å². The molecule has 0 saturated heterocycles. The van der Waals surface area contributed by atoms with E-state index in [9.17, 15) is 23.1 Å². The number of amides is 1. The number of fused-ring (bicyclic) bond motifs is 2. The smallest absolute Gasteiger partial charge is 0.326 e. The molecule has 1 unspecified atom stereocenters. The topological polar surface area (TPSA) is 180 Å². The van der Waals surface area contributed by atoms with Crippen molar-refractivity contribution in [2.75, 3.05) is 19.0 Å². The molecule has 0 fully saturated rings. The van der Waals surface area contributed by atoms with E-state index in [-0.39, 0.29) is 35.9 Å². The predicted octanol–water partition coefficient (Wildman–Crippen LogP) is 8.36. The number of aryl methyl sites for hydroxylation is 1. The number of sulfonamides is 1. The van der Waals surface area contributed by atoms with Gasteiger partial charge in [-0.1, -0.05) is 89.1 Å². The van der Waals surface area contributed by atoms with Crippen LogP contribution in [-0.2, 0) is 45.6 Å². The van der Waals surface area contributed by atoms with Gasteiger partial charge in [-0.25, -0.2) is 18.2 Å². The summed E-state index contributed by atoms with van der Waals surface area (Å²) in [5, 5.41) is 26.3. The number of aromatic nitrogens is 1. The minimum atomic E-state index is -4.35. The Bertz CT molecular complexity index is 2850. The average Bonchev–Trinajstić information content (AvgIpc) is 3.69. The maximum absolute atomic E-state index is 14.5. The number of nitrogens with zero attached hydrogens (tertiary/aromatic N) is 3. The van der Waals surface area contributed by atoms with E-state index in [2.05, 4.69) is 21.7 Å². The van der Waals surface area contributed by atoms with Crippen LogP contribution < -0.4 is 24.8 Å². The molecule has 3 heterocycles. The highest BCUT2D eigenvalue weighted by atomic mass is 35.5. The number of carboxylic acids is 1. The number of thiazole rings is 1. The lowest BCUT2D eigenvalue weighted by Gasteiger charge is -2.36. The second-order valence-corrected chi connectivity index (χ2v) is 18.9. The van der Waals surface area contributed by atoms with Crippen molar-refractivity contribution < 1.29 is 37.3 Å².